The fraction of sp³-hybridized carbons (Fsp3) is 0.438. The van der Waals surface area contributed by atoms with E-state index in [-0.39, 0.29) is 5.82 Å². The van der Waals surface area contributed by atoms with E-state index in [0.717, 1.165) is 31.0 Å². The summed E-state index contributed by atoms with van der Waals surface area (Å²) in [5.41, 5.74) is 1.67. The second-order valence-corrected chi connectivity index (χ2v) is 5.77. The van der Waals surface area contributed by atoms with E-state index in [9.17, 15) is 4.39 Å². The van der Waals surface area contributed by atoms with Crippen molar-refractivity contribution in [2.45, 2.75) is 25.9 Å². The van der Waals surface area contributed by atoms with Gasteiger partial charge in [-0.1, -0.05) is 0 Å². The van der Waals surface area contributed by atoms with Crippen molar-refractivity contribution >= 4 is 5.82 Å². The Kier molecular flexibility index (Phi) is 4.29. The Morgan fingerprint density at radius 2 is 2.27 bits per heavy atom. The molecule has 1 aliphatic heterocycles. The van der Waals surface area contributed by atoms with Crippen molar-refractivity contribution in [1.82, 2.24) is 19.9 Å². The molecule has 1 atom stereocenters. The number of halogens is 1. The molecule has 0 saturated carbocycles. The lowest BCUT2D eigenvalue weighted by atomic mass is 10.2. The Bertz CT molecular complexity index is 648. The highest BCUT2D eigenvalue weighted by Crippen LogP contribution is 2.21. The minimum atomic E-state index is -0.231. The van der Waals surface area contributed by atoms with Crippen molar-refractivity contribution in [1.29, 1.82) is 0 Å². The number of nitrogens with zero attached hydrogens (tertiary/aromatic N) is 5. The first-order chi connectivity index (χ1) is 10.6. The fourth-order valence-corrected chi connectivity index (χ4v) is 2.87. The van der Waals surface area contributed by atoms with E-state index < -0.39 is 0 Å². The molecule has 1 aliphatic rings. The van der Waals surface area contributed by atoms with Gasteiger partial charge in [-0.3, -0.25) is 9.88 Å². The van der Waals surface area contributed by atoms with Crippen LogP contribution in [-0.4, -0.2) is 46.0 Å². The van der Waals surface area contributed by atoms with Crippen LogP contribution >= 0.6 is 0 Å². The Balaban J connectivity index is 1.64. The average Bonchev–Trinajstić information content (AvgIpc) is 2.97. The fourth-order valence-electron chi connectivity index (χ4n) is 2.87. The van der Waals surface area contributed by atoms with Gasteiger partial charge in [-0.15, -0.1) is 0 Å². The Morgan fingerprint density at radius 1 is 1.41 bits per heavy atom. The molecule has 1 unspecified atom stereocenters. The van der Waals surface area contributed by atoms with E-state index in [4.69, 9.17) is 0 Å². The van der Waals surface area contributed by atoms with Crippen molar-refractivity contribution in [3.63, 3.8) is 0 Å². The minimum absolute atomic E-state index is 0.231. The zero-order valence-corrected chi connectivity index (χ0v) is 12.9. The molecule has 22 heavy (non-hydrogen) atoms. The zero-order chi connectivity index (χ0) is 15.5. The van der Waals surface area contributed by atoms with E-state index in [2.05, 4.69) is 31.8 Å². The molecule has 3 rings (SSSR count). The third-order valence-corrected chi connectivity index (χ3v) is 4.20. The molecule has 0 aromatic carbocycles. The van der Waals surface area contributed by atoms with Crippen molar-refractivity contribution in [2.75, 3.05) is 25.0 Å². The molecule has 1 saturated heterocycles. The van der Waals surface area contributed by atoms with Crippen molar-refractivity contribution in [3.8, 4) is 0 Å². The quantitative estimate of drug-likeness (QED) is 0.864. The third kappa shape index (κ3) is 3.22. The lowest BCUT2D eigenvalue weighted by molar-refractivity contribution is 0.320. The van der Waals surface area contributed by atoms with E-state index in [1.165, 1.54) is 6.20 Å². The van der Waals surface area contributed by atoms with Gasteiger partial charge in [0.25, 0.3) is 0 Å². The lowest BCUT2D eigenvalue weighted by Crippen LogP contribution is -2.35. The number of rotatable bonds is 4. The van der Waals surface area contributed by atoms with Crippen LogP contribution in [0.15, 0.2) is 30.9 Å². The van der Waals surface area contributed by atoms with Crippen LogP contribution in [0.4, 0.5) is 10.2 Å². The number of pyridine rings is 1. The van der Waals surface area contributed by atoms with Gasteiger partial charge in [-0.25, -0.2) is 14.4 Å². The van der Waals surface area contributed by atoms with Gasteiger partial charge in [0.1, 0.15) is 18.0 Å². The van der Waals surface area contributed by atoms with E-state index in [1.807, 2.05) is 13.0 Å². The predicted molar refractivity (Wildman–Crippen MR) is 83.0 cm³/mol. The minimum Gasteiger partial charge on any atom is -0.355 e. The summed E-state index contributed by atoms with van der Waals surface area (Å²) in [6.07, 6.45) is 5.56. The van der Waals surface area contributed by atoms with Gasteiger partial charge in [0.05, 0.1) is 6.20 Å². The Morgan fingerprint density at radius 3 is 3.05 bits per heavy atom. The number of likely N-dealkylation sites (N-methyl/N-ethyl adjacent to an activating group) is 1. The van der Waals surface area contributed by atoms with Crippen molar-refractivity contribution < 1.29 is 4.39 Å². The Hall–Kier alpha value is -2.08. The monoisotopic (exact) mass is 301 g/mol. The van der Waals surface area contributed by atoms with Gasteiger partial charge in [-0.05, 0) is 19.4 Å². The first kappa shape index (κ1) is 14.8. The van der Waals surface area contributed by atoms with Crippen LogP contribution in [0.2, 0.25) is 0 Å². The van der Waals surface area contributed by atoms with Crippen LogP contribution < -0.4 is 4.90 Å². The van der Waals surface area contributed by atoms with E-state index in [1.54, 1.807) is 18.6 Å². The van der Waals surface area contributed by atoms with Gasteiger partial charge in [0, 0.05) is 56.2 Å². The normalized spacial score (nSPS) is 18.6. The molecule has 0 amide bonds. The van der Waals surface area contributed by atoms with E-state index in [0.29, 0.717) is 18.2 Å². The number of aryl methyl sites for hydroxylation is 1. The SMILES string of the molecule is Cc1cc(N(C)C2CCN(Cc3ccncc3F)C2)ncn1. The largest absolute Gasteiger partial charge is 0.355 e. The molecule has 0 bridgehead atoms. The summed E-state index contributed by atoms with van der Waals surface area (Å²) in [5.74, 6) is 0.708. The number of aromatic nitrogens is 3. The second-order valence-electron chi connectivity index (χ2n) is 5.77. The molecular formula is C16H20FN5. The summed E-state index contributed by atoms with van der Waals surface area (Å²) in [4.78, 5) is 16.7. The molecule has 2 aromatic heterocycles. The molecule has 5 nitrogen and oxygen atoms in total. The molecule has 0 radical (unpaired) electrons. The van der Waals surface area contributed by atoms with Gasteiger partial charge in [0.2, 0.25) is 0 Å². The first-order valence-electron chi connectivity index (χ1n) is 7.45. The maximum Gasteiger partial charge on any atom is 0.145 e. The maximum atomic E-state index is 13.7. The summed E-state index contributed by atoms with van der Waals surface area (Å²) in [6, 6.07) is 4.13. The molecule has 0 aliphatic carbocycles. The number of hydrogen-bond acceptors (Lipinski definition) is 5. The van der Waals surface area contributed by atoms with Crippen LogP contribution in [0.1, 0.15) is 17.7 Å². The lowest BCUT2D eigenvalue weighted by Gasteiger charge is -2.26. The predicted octanol–water partition coefficient (Wildman–Crippen LogP) is 2.03. The third-order valence-electron chi connectivity index (χ3n) is 4.20. The topological polar surface area (TPSA) is 45.2 Å². The molecule has 116 valence electrons. The number of hydrogen-bond donors (Lipinski definition) is 0. The molecule has 1 fully saturated rings. The summed E-state index contributed by atoms with van der Waals surface area (Å²) in [6.45, 7) is 4.45. The highest BCUT2D eigenvalue weighted by Gasteiger charge is 2.27. The average molecular weight is 301 g/mol. The van der Waals surface area contributed by atoms with Crippen LogP contribution in [0, 0.1) is 12.7 Å². The molecule has 0 N–H and O–H groups in total. The maximum absolute atomic E-state index is 13.7. The standard InChI is InChI=1S/C16H20FN5/c1-12-7-16(20-11-19-12)21(2)14-4-6-22(10-14)9-13-3-5-18-8-15(13)17/h3,5,7-8,11,14H,4,6,9-10H2,1-2H3. The van der Waals surface area contributed by atoms with Gasteiger partial charge >= 0.3 is 0 Å². The number of likely N-dealkylation sites (tertiary alicyclic amines) is 1. The van der Waals surface area contributed by atoms with Crippen LogP contribution in [0.25, 0.3) is 0 Å². The van der Waals surface area contributed by atoms with Gasteiger partial charge in [-0.2, -0.15) is 0 Å². The molecule has 3 heterocycles. The van der Waals surface area contributed by atoms with Crippen molar-refractivity contribution in [3.05, 3.63) is 47.9 Å². The number of anilines is 1. The summed E-state index contributed by atoms with van der Waals surface area (Å²) >= 11 is 0. The summed E-state index contributed by atoms with van der Waals surface area (Å²) < 4.78 is 13.7. The molecular weight excluding hydrogens is 281 g/mol. The van der Waals surface area contributed by atoms with Crippen LogP contribution in [0.5, 0.6) is 0 Å². The van der Waals surface area contributed by atoms with E-state index >= 15 is 0 Å². The Labute approximate surface area is 129 Å². The highest BCUT2D eigenvalue weighted by molar-refractivity contribution is 5.39. The van der Waals surface area contributed by atoms with Crippen LogP contribution in [0.3, 0.4) is 0 Å². The van der Waals surface area contributed by atoms with Gasteiger partial charge < -0.3 is 4.90 Å². The van der Waals surface area contributed by atoms with Crippen LogP contribution in [-0.2, 0) is 6.54 Å². The molecule has 2 aromatic rings. The second kappa shape index (κ2) is 6.36. The van der Waals surface area contributed by atoms with Crippen molar-refractivity contribution in [2.24, 2.45) is 0 Å². The summed E-state index contributed by atoms with van der Waals surface area (Å²) in [7, 11) is 2.06. The highest BCUT2D eigenvalue weighted by atomic mass is 19.1. The molecule has 0 spiro atoms. The van der Waals surface area contributed by atoms with Gasteiger partial charge in [0.15, 0.2) is 0 Å². The summed E-state index contributed by atoms with van der Waals surface area (Å²) in [5, 5.41) is 0. The smallest absolute Gasteiger partial charge is 0.145 e. The first-order valence-corrected chi connectivity index (χ1v) is 7.45. The zero-order valence-electron chi connectivity index (χ0n) is 12.9. The molecule has 6 heteroatoms.